The number of halogens is 1. The molecule has 3 nitrogen and oxygen atoms in total. The van der Waals surface area contributed by atoms with Crippen LogP contribution in [0.25, 0.3) is 10.1 Å². The molecule has 0 aliphatic heterocycles. The summed E-state index contributed by atoms with van der Waals surface area (Å²) in [6, 6.07) is 8.33. The molecule has 0 saturated heterocycles. The zero-order chi connectivity index (χ0) is 12.5. The number of nitrogens with one attached hydrogen (secondary N) is 1. The van der Waals surface area contributed by atoms with E-state index in [1.807, 2.05) is 6.07 Å². The Hall–Kier alpha value is -1.11. The molecule has 0 amide bonds. The number of hydrogen-bond donors (Lipinski definition) is 1. The number of aromatic amines is 1. The summed E-state index contributed by atoms with van der Waals surface area (Å²) >= 11 is 6.72. The van der Waals surface area contributed by atoms with Crippen molar-refractivity contribution in [3.63, 3.8) is 0 Å². The van der Waals surface area contributed by atoms with Gasteiger partial charge < -0.3 is 0 Å². The minimum Gasteiger partial charge on any atom is -0.296 e. The Morgan fingerprint density at radius 3 is 3.11 bits per heavy atom. The summed E-state index contributed by atoms with van der Waals surface area (Å²) < 4.78 is 3.45. The normalized spacial score (nSPS) is 10.9. The van der Waals surface area contributed by atoms with Crippen LogP contribution in [0.5, 0.6) is 0 Å². The summed E-state index contributed by atoms with van der Waals surface area (Å²) in [4.78, 5) is 11.7. The van der Waals surface area contributed by atoms with Crippen LogP contribution in [-0.2, 0) is 0 Å². The molecule has 0 fully saturated rings. The summed E-state index contributed by atoms with van der Waals surface area (Å²) in [6.45, 7) is 0. The van der Waals surface area contributed by atoms with Gasteiger partial charge in [0.2, 0.25) is 0 Å². The molecule has 2 aromatic heterocycles. The molecule has 3 rings (SSSR count). The van der Waals surface area contributed by atoms with Crippen molar-refractivity contribution in [1.29, 1.82) is 0 Å². The smallest absolute Gasteiger partial charge is 0.169 e. The van der Waals surface area contributed by atoms with Gasteiger partial charge in [0.05, 0.1) is 15.3 Å². The van der Waals surface area contributed by atoms with Crippen molar-refractivity contribution in [2.75, 3.05) is 0 Å². The van der Waals surface area contributed by atoms with E-state index in [0.717, 1.165) is 19.9 Å². The lowest BCUT2D eigenvalue weighted by Gasteiger charge is -1.92. The average molecular weight is 339 g/mol. The van der Waals surface area contributed by atoms with Crippen LogP contribution >= 0.6 is 39.0 Å². The number of carbonyl (C=O) groups is 1. The number of fused-ring (bicyclic) bond motifs is 1. The quantitative estimate of drug-likeness (QED) is 0.722. The molecule has 18 heavy (non-hydrogen) atoms. The van der Waals surface area contributed by atoms with Gasteiger partial charge in [0.1, 0.15) is 5.69 Å². The second-order valence-electron chi connectivity index (χ2n) is 3.62. The van der Waals surface area contributed by atoms with E-state index < -0.39 is 0 Å². The molecule has 0 saturated carbocycles. The molecular weight excluding hydrogens is 332 g/mol. The van der Waals surface area contributed by atoms with Crippen LogP contribution in [0.1, 0.15) is 10.5 Å². The van der Waals surface area contributed by atoms with E-state index in [1.54, 1.807) is 29.3 Å². The molecule has 1 N–H and O–H groups in total. The van der Waals surface area contributed by atoms with Crippen molar-refractivity contribution in [1.82, 2.24) is 10.2 Å². The molecule has 0 spiro atoms. The molecule has 0 bridgehead atoms. The minimum absolute atomic E-state index is 0.527. The molecule has 0 radical (unpaired) electrons. The second-order valence-corrected chi connectivity index (χ2v) is 6.96. The van der Waals surface area contributed by atoms with Crippen LogP contribution in [-0.4, -0.2) is 16.5 Å². The van der Waals surface area contributed by atoms with E-state index in [-0.39, 0.29) is 0 Å². The number of carbonyl (C=O) groups excluding carboxylic acids is 1. The van der Waals surface area contributed by atoms with Gasteiger partial charge in [0, 0.05) is 9.17 Å². The third-order valence-corrected chi connectivity index (χ3v) is 5.18. The summed E-state index contributed by atoms with van der Waals surface area (Å²) in [5, 5.41) is 7.76. The number of H-pyrrole nitrogens is 1. The van der Waals surface area contributed by atoms with Gasteiger partial charge in [-0.15, -0.1) is 11.3 Å². The average Bonchev–Trinajstić information content (AvgIpc) is 2.94. The Morgan fingerprint density at radius 2 is 2.28 bits per heavy atom. The second kappa shape index (κ2) is 4.87. The molecule has 0 atom stereocenters. The first-order valence-corrected chi connectivity index (χ1v) is 7.54. The first-order chi connectivity index (χ1) is 8.76. The minimum atomic E-state index is 0.527. The van der Waals surface area contributed by atoms with Crippen molar-refractivity contribution in [3.05, 3.63) is 40.6 Å². The Morgan fingerprint density at radius 1 is 1.39 bits per heavy atom. The number of rotatable bonds is 3. The van der Waals surface area contributed by atoms with Gasteiger partial charge in [-0.25, -0.2) is 0 Å². The van der Waals surface area contributed by atoms with Gasteiger partial charge >= 0.3 is 0 Å². The molecule has 3 aromatic rings. The zero-order valence-electron chi connectivity index (χ0n) is 9.01. The first kappa shape index (κ1) is 12.0. The fourth-order valence-electron chi connectivity index (χ4n) is 1.60. The number of aromatic nitrogens is 2. The Labute approximate surface area is 120 Å². The van der Waals surface area contributed by atoms with Gasteiger partial charge in [-0.1, -0.05) is 27.7 Å². The number of hydrogen-bond acceptors (Lipinski definition) is 4. The lowest BCUT2D eigenvalue weighted by Crippen LogP contribution is -1.80. The van der Waals surface area contributed by atoms with E-state index in [9.17, 15) is 4.79 Å². The molecule has 2 heterocycles. The maximum absolute atomic E-state index is 10.8. The molecule has 0 aliphatic rings. The third-order valence-electron chi connectivity index (χ3n) is 2.42. The number of nitrogens with zero attached hydrogens (tertiary/aromatic N) is 1. The van der Waals surface area contributed by atoms with E-state index in [1.165, 1.54) is 10.1 Å². The highest BCUT2D eigenvalue weighted by Gasteiger charge is 2.09. The topological polar surface area (TPSA) is 45.8 Å². The van der Waals surface area contributed by atoms with Crippen molar-refractivity contribution in [2.45, 2.75) is 9.10 Å². The van der Waals surface area contributed by atoms with Crippen LogP contribution in [0.3, 0.4) is 0 Å². The highest BCUT2D eigenvalue weighted by Crippen LogP contribution is 2.38. The van der Waals surface area contributed by atoms with Gasteiger partial charge in [0.15, 0.2) is 6.29 Å². The van der Waals surface area contributed by atoms with Crippen LogP contribution < -0.4 is 0 Å². The zero-order valence-corrected chi connectivity index (χ0v) is 12.2. The largest absolute Gasteiger partial charge is 0.296 e. The highest BCUT2D eigenvalue weighted by molar-refractivity contribution is 9.10. The maximum atomic E-state index is 10.8. The van der Waals surface area contributed by atoms with Crippen molar-refractivity contribution < 1.29 is 4.79 Å². The highest BCUT2D eigenvalue weighted by atomic mass is 79.9. The van der Waals surface area contributed by atoms with Gasteiger partial charge in [0.25, 0.3) is 0 Å². The standard InChI is InChI=1S/C12H7BrN2OS2/c13-8-1-2-10-7(3-8)4-12(17-10)18-11-5-14-15-9(11)6-16/h1-6H,(H,14,15). The van der Waals surface area contributed by atoms with Crippen LogP contribution in [0.2, 0.25) is 0 Å². The number of benzene rings is 1. The molecular formula is C12H7BrN2OS2. The van der Waals surface area contributed by atoms with E-state index >= 15 is 0 Å². The maximum Gasteiger partial charge on any atom is 0.169 e. The van der Waals surface area contributed by atoms with Gasteiger partial charge in [-0.2, -0.15) is 5.10 Å². The lowest BCUT2D eigenvalue weighted by molar-refractivity contribution is 0.111. The van der Waals surface area contributed by atoms with Crippen LogP contribution in [0.15, 0.2) is 44.0 Å². The summed E-state index contributed by atoms with van der Waals surface area (Å²) in [7, 11) is 0. The molecule has 0 aliphatic carbocycles. The van der Waals surface area contributed by atoms with Crippen LogP contribution in [0.4, 0.5) is 0 Å². The fourth-order valence-corrected chi connectivity index (χ4v) is 4.17. The Bertz CT molecular complexity index is 720. The SMILES string of the molecule is O=Cc1[nH]ncc1Sc1cc2cc(Br)ccc2s1. The summed E-state index contributed by atoms with van der Waals surface area (Å²) in [5.74, 6) is 0. The van der Waals surface area contributed by atoms with Gasteiger partial charge in [-0.05, 0) is 29.7 Å². The fraction of sp³-hybridized carbons (Fsp3) is 0. The summed E-state index contributed by atoms with van der Waals surface area (Å²) in [6.07, 6.45) is 2.47. The molecule has 1 aromatic carbocycles. The van der Waals surface area contributed by atoms with Crippen molar-refractivity contribution in [3.8, 4) is 0 Å². The third kappa shape index (κ3) is 2.23. The lowest BCUT2D eigenvalue weighted by atomic mass is 10.3. The van der Waals surface area contributed by atoms with Crippen molar-refractivity contribution >= 4 is 55.4 Å². The van der Waals surface area contributed by atoms with E-state index in [2.05, 4.69) is 44.3 Å². The Kier molecular flexibility index (Phi) is 3.23. The van der Waals surface area contributed by atoms with Crippen LogP contribution in [0, 0.1) is 0 Å². The van der Waals surface area contributed by atoms with Crippen molar-refractivity contribution in [2.24, 2.45) is 0 Å². The van der Waals surface area contributed by atoms with E-state index in [0.29, 0.717) is 5.69 Å². The molecule has 0 unspecified atom stereocenters. The molecule has 6 heteroatoms. The number of thiophene rings is 1. The summed E-state index contributed by atoms with van der Waals surface area (Å²) in [5.41, 5.74) is 0.527. The van der Waals surface area contributed by atoms with Gasteiger partial charge in [-0.3, -0.25) is 9.89 Å². The van der Waals surface area contributed by atoms with E-state index in [4.69, 9.17) is 0 Å². The number of aldehydes is 1. The molecule has 90 valence electrons. The first-order valence-electron chi connectivity index (χ1n) is 5.12. The monoisotopic (exact) mass is 338 g/mol. The predicted molar refractivity (Wildman–Crippen MR) is 77.6 cm³/mol. The predicted octanol–water partition coefficient (Wildman–Crippen LogP) is 4.35. The Balaban J connectivity index is 1.98.